The number of imidazole rings is 1. The lowest BCUT2D eigenvalue weighted by molar-refractivity contribution is 0.0997. The van der Waals surface area contributed by atoms with Crippen molar-refractivity contribution in [3.05, 3.63) is 82.4 Å². The predicted octanol–water partition coefficient (Wildman–Crippen LogP) is 3.57. The van der Waals surface area contributed by atoms with Gasteiger partial charge in [-0.3, -0.25) is 9.36 Å². The molecule has 0 bridgehead atoms. The Bertz CT molecular complexity index is 1150. The number of nitrogens with one attached hydrogen (secondary N) is 1. The van der Waals surface area contributed by atoms with Gasteiger partial charge in [-0.05, 0) is 24.6 Å². The van der Waals surface area contributed by atoms with E-state index in [9.17, 15) is 4.79 Å². The van der Waals surface area contributed by atoms with E-state index in [4.69, 9.17) is 5.73 Å². The zero-order valence-electron chi connectivity index (χ0n) is 14.6. The third kappa shape index (κ3) is 3.32. The van der Waals surface area contributed by atoms with E-state index in [2.05, 4.69) is 50.7 Å². The number of aryl methyl sites for hydroxylation is 1. The van der Waals surface area contributed by atoms with Crippen molar-refractivity contribution in [1.29, 1.82) is 0 Å². The lowest BCUT2D eigenvalue weighted by atomic mass is 10.1. The third-order valence-corrected chi connectivity index (χ3v) is 4.96. The number of benzene rings is 2. The molecule has 0 atom stereocenters. The summed E-state index contributed by atoms with van der Waals surface area (Å²) in [5, 5.41) is 2.05. The van der Waals surface area contributed by atoms with Gasteiger partial charge in [0.1, 0.15) is 0 Å². The fourth-order valence-electron chi connectivity index (χ4n) is 2.79. The topological polar surface area (TPSA) is 89.1 Å². The Morgan fingerprint density at radius 3 is 2.59 bits per heavy atom. The molecule has 4 rings (SSSR count). The molecular formula is C20H17N5OS. The van der Waals surface area contributed by atoms with Crippen molar-refractivity contribution >= 4 is 23.1 Å². The van der Waals surface area contributed by atoms with E-state index >= 15 is 0 Å². The highest BCUT2D eigenvalue weighted by Gasteiger charge is 2.13. The molecule has 0 fully saturated rings. The normalized spacial score (nSPS) is 11.7. The van der Waals surface area contributed by atoms with E-state index in [1.807, 2.05) is 35.7 Å². The molecule has 1 amide bonds. The molecule has 0 unspecified atom stereocenters. The molecule has 0 aliphatic carbocycles. The van der Waals surface area contributed by atoms with Crippen LogP contribution in [0.4, 0.5) is 5.82 Å². The molecule has 7 heteroatoms. The molecule has 2 aromatic heterocycles. The van der Waals surface area contributed by atoms with Crippen LogP contribution in [0.1, 0.15) is 16.1 Å². The molecule has 6 nitrogen and oxygen atoms in total. The minimum Gasteiger partial charge on any atom is -0.364 e. The number of carbonyl (C=O) groups excluding carboxylic acids is 1. The SMILES string of the molecule is Cc1ccc(-c2csc(=Nc3nc[nH]c3C(N)=O)n2-c2ccccc2)cc1. The van der Waals surface area contributed by atoms with Gasteiger partial charge in [0.15, 0.2) is 16.3 Å². The van der Waals surface area contributed by atoms with Crippen molar-refractivity contribution in [3.8, 4) is 16.9 Å². The first-order chi connectivity index (χ1) is 13.1. The van der Waals surface area contributed by atoms with Crippen LogP contribution < -0.4 is 10.5 Å². The molecular weight excluding hydrogens is 358 g/mol. The predicted molar refractivity (Wildman–Crippen MR) is 106 cm³/mol. The van der Waals surface area contributed by atoms with Gasteiger partial charge in [-0.2, -0.15) is 4.99 Å². The number of nitrogens with two attached hydrogens (primary N) is 1. The summed E-state index contributed by atoms with van der Waals surface area (Å²) in [5.74, 6) is -0.308. The van der Waals surface area contributed by atoms with Gasteiger partial charge in [0.25, 0.3) is 5.91 Å². The van der Waals surface area contributed by atoms with Crippen LogP contribution >= 0.6 is 11.3 Å². The molecule has 0 radical (unpaired) electrons. The fraction of sp³-hybridized carbons (Fsp3) is 0.0500. The van der Waals surface area contributed by atoms with Crippen molar-refractivity contribution < 1.29 is 4.79 Å². The van der Waals surface area contributed by atoms with Gasteiger partial charge in [-0.1, -0.05) is 48.0 Å². The maximum absolute atomic E-state index is 11.6. The van der Waals surface area contributed by atoms with Crippen LogP contribution in [-0.2, 0) is 0 Å². The second kappa shape index (κ2) is 7.05. The monoisotopic (exact) mass is 375 g/mol. The van der Waals surface area contributed by atoms with Crippen LogP contribution in [0.3, 0.4) is 0 Å². The largest absolute Gasteiger partial charge is 0.364 e. The molecule has 0 aliphatic heterocycles. The lowest BCUT2D eigenvalue weighted by Gasteiger charge is -2.09. The van der Waals surface area contributed by atoms with Gasteiger partial charge in [0, 0.05) is 11.1 Å². The number of H-pyrrole nitrogens is 1. The maximum atomic E-state index is 11.6. The molecule has 134 valence electrons. The van der Waals surface area contributed by atoms with E-state index in [0.29, 0.717) is 4.80 Å². The molecule has 0 saturated carbocycles. The molecule has 27 heavy (non-hydrogen) atoms. The molecule has 4 aromatic rings. The zero-order chi connectivity index (χ0) is 18.8. The second-order valence-corrected chi connectivity index (χ2v) is 6.85. The first-order valence-corrected chi connectivity index (χ1v) is 9.22. The Kier molecular flexibility index (Phi) is 4.43. The standard InChI is InChI=1S/C20H17N5OS/c1-13-7-9-14(10-8-13)16-11-27-20(25(16)15-5-3-2-4-6-15)24-19-17(18(21)26)22-12-23-19/h2-12H,1H3,(H2,21,26)(H,22,23). The van der Waals surface area contributed by atoms with Crippen LogP contribution in [0.25, 0.3) is 16.9 Å². The number of rotatable bonds is 4. The molecule has 0 saturated heterocycles. The van der Waals surface area contributed by atoms with Crippen LogP contribution in [0.15, 0.2) is 71.3 Å². The fourth-order valence-corrected chi connectivity index (χ4v) is 3.69. The summed E-state index contributed by atoms with van der Waals surface area (Å²) >= 11 is 1.48. The van der Waals surface area contributed by atoms with Crippen LogP contribution in [0.5, 0.6) is 0 Å². The Hall–Kier alpha value is -3.45. The van der Waals surface area contributed by atoms with Crippen molar-refractivity contribution in [2.24, 2.45) is 10.7 Å². The Balaban J connectivity index is 1.95. The highest BCUT2D eigenvalue weighted by atomic mass is 32.1. The third-order valence-electron chi connectivity index (χ3n) is 4.14. The van der Waals surface area contributed by atoms with E-state index in [1.165, 1.54) is 23.2 Å². The lowest BCUT2D eigenvalue weighted by Crippen LogP contribution is -2.15. The van der Waals surface area contributed by atoms with Gasteiger partial charge < -0.3 is 10.7 Å². The van der Waals surface area contributed by atoms with E-state index < -0.39 is 5.91 Å². The number of amides is 1. The molecule has 0 spiro atoms. The first-order valence-electron chi connectivity index (χ1n) is 8.34. The van der Waals surface area contributed by atoms with Crippen molar-refractivity contribution in [2.45, 2.75) is 6.92 Å². The van der Waals surface area contributed by atoms with E-state index in [-0.39, 0.29) is 11.5 Å². The number of aromatic amines is 1. The number of aromatic nitrogens is 3. The molecule has 2 heterocycles. The number of hydrogen-bond acceptors (Lipinski definition) is 4. The minimum absolute atomic E-state index is 0.194. The zero-order valence-corrected chi connectivity index (χ0v) is 15.4. The molecule has 0 aliphatic rings. The summed E-state index contributed by atoms with van der Waals surface area (Å²) in [6.07, 6.45) is 1.42. The van der Waals surface area contributed by atoms with Gasteiger partial charge >= 0.3 is 0 Å². The number of para-hydroxylation sites is 1. The quantitative estimate of drug-likeness (QED) is 0.571. The summed E-state index contributed by atoms with van der Waals surface area (Å²) in [7, 11) is 0. The Morgan fingerprint density at radius 1 is 1.15 bits per heavy atom. The maximum Gasteiger partial charge on any atom is 0.269 e. The number of nitrogens with zero attached hydrogens (tertiary/aromatic N) is 3. The highest BCUT2D eigenvalue weighted by molar-refractivity contribution is 7.07. The average molecular weight is 375 g/mol. The van der Waals surface area contributed by atoms with Gasteiger partial charge in [0.2, 0.25) is 0 Å². The highest BCUT2D eigenvalue weighted by Crippen LogP contribution is 2.24. The number of hydrogen-bond donors (Lipinski definition) is 2. The molecule has 3 N–H and O–H groups in total. The number of carbonyl (C=O) groups is 1. The smallest absolute Gasteiger partial charge is 0.269 e. The Labute approximate surface area is 159 Å². The first kappa shape index (κ1) is 17.0. The van der Waals surface area contributed by atoms with Gasteiger partial charge in [0.05, 0.1) is 12.0 Å². The van der Waals surface area contributed by atoms with Crippen molar-refractivity contribution in [1.82, 2.24) is 14.5 Å². The van der Waals surface area contributed by atoms with E-state index in [1.54, 1.807) is 0 Å². The number of primary amides is 1. The van der Waals surface area contributed by atoms with Gasteiger partial charge in [-0.25, -0.2) is 4.98 Å². The van der Waals surface area contributed by atoms with Crippen molar-refractivity contribution in [3.63, 3.8) is 0 Å². The van der Waals surface area contributed by atoms with Crippen LogP contribution in [0.2, 0.25) is 0 Å². The van der Waals surface area contributed by atoms with Crippen molar-refractivity contribution in [2.75, 3.05) is 0 Å². The number of thiazole rings is 1. The summed E-state index contributed by atoms with van der Waals surface area (Å²) < 4.78 is 2.05. The minimum atomic E-state index is -0.590. The average Bonchev–Trinajstić information content (AvgIpc) is 3.31. The summed E-state index contributed by atoms with van der Waals surface area (Å²) in [5.41, 5.74) is 9.87. The Morgan fingerprint density at radius 2 is 1.89 bits per heavy atom. The second-order valence-electron chi connectivity index (χ2n) is 6.02. The van der Waals surface area contributed by atoms with Gasteiger partial charge in [-0.15, -0.1) is 11.3 Å². The summed E-state index contributed by atoms with van der Waals surface area (Å²) in [6, 6.07) is 18.3. The van der Waals surface area contributed by atoms with Crippen LogP contribution in [0, 0.1) is 6.92 Å². The van der Waals surface area contributed by atoms with Crippen LogP contribution in [-0.4, -0.2) is 20.4 Å². The van der Waals surface area contributed by atoms with E-state index in [0.717, 1.165) is 16.9 Å². The molecule has 2 aromatic carbocycles. The summed E-state index contributed by atoms with van der Waals surface area (Å²) in [6.45, 7) is 2.06. The summed E-state index contributed by atoms with van der Waals surface area (Å²) in [4.78, 5) is 23.8.